The molecule has 348 valence electrons. The Hall–Kier alpha value is -6.79. The van der Waals surface area contributed by atoms with Crippen LogP contribution in [0.25, 0.3) is 11.0 Å². The Balaban J connectivity index is 0.00000105. The van der Waals surface area contributed by atoms with Gasteiger partial charge >= 0.3 is 18.1 Å². The number of nitrogens with one attached hydrogen (secondary N) is 5. The Morgan fingerprint density at radius 2 is 1.62 bits per heavy atom. The number of halogens is 3. The van der Waals surface area contributed by atoms with Crippen LogP contribution in [0.4, 0.5) is 24.7 Å². The number of carboxylic acid groups (broad SMARTS) is 2. The molecular weight excluding hydrogens is 880 g/mol. The topological polar surface area (TPSA) is 283 Å². The number of aromatic nitrogens is 3. The van der Waals surface area contributed by atoms with Gasteiger partial charge in [0.05, 0.1) is 34.5 Å². The summed E-state index contributed by atoms with van der Waals surface area (Å²) in [5.41, 5.74) is 10.1. The number of pyridine rings is 1. The maximum atomic E-state index is 14.1. The third-order valence-electron chi connectivity index (χ3n) is 9.88. The van der Waals surface area contributed by atoms with Crippen LogP contribution in [0.15, 0.2) is 90.0 Å². The lowest BCUT2D eigenvalue weighted by molar-refractivity contribution is -0.192. The number of unbranched alkanes of at least 4 members (excludes halogenated alkanes) is 3. The molecule has 0 saturated carbocycles. The molecule has 23 heteroatoms. The number of rotatable bonds is 18. The zero-order valence-electron chi connectivity index (χ0n) is 34.8. The zero-order chi connectivity index (χ0) is 47.3. The first-order chi connectivity index (χ1) is 30.8. The van der Waals surface area contributed by atoms with Crippen molar-refractivity contribution in [2.24, 2.45) is 0 Å². The number of benzene rings is 3. The Kier molecular flexibility index (Phi) is 16.8. The number of alkyl halides is 3. The molecule has 5 aromatic rings. The summed E-state index contributed by atoms with van der Waals surface area (Å²) >= 11 is 0. The summed E-state index contributed by atoms with van der Waals surface area (Å²) in [6.45, 7) is 1.55. The molecule has 0 spiro atoms. The molecule has 0 bridgehead atoms. The predicted octanol–water partition coefficient (Wildman–Crippen LogP) is 6.15. The van der Waals surface area contributed by atoms with Gasteiger partial charge in [0.15, 0.2) is 0 Å². The molecule has 1 aliphatic rings. The molecule has 19 nitrogen and oxygen atoms in total. The molecule has 3 amide bonds. The third kappa shape index (κ3) is 14.4. The Labute approximate surface area is 371 Å². The van der Waals surface area contributed by atoms with Crippen molar-refractivity contribution in [3.05, 3.63) is 113 Å². The van der Waals surface area contributed by atoms with E-state index >= 15 is 0 Å². The van der Waals surface area contributed by atoms with E-state index in [9.17, 15) is 51.1 Å². The molecule has 10 N–H and O–H groups in total. The van der Waals surface area contributed by atoms with E-state index in [2.05, 4.69) is 36.4 Å². The summed E-state index contributed by atoms with van der Waals surface area (Å²) in [6, 6.07) is 21.6. The molecule has 2 aromatic heterocycles. The van der Waals surface area contributed by atoms with Gasteiger partial charge in [0.1, 0.15) is 28.6 Å². The average Bonchev–Trinajstić information content (AvgIpc) is 3.63. The number of imidazole rings is 1. The highest BCUT2D eigenvalue weighted by atomic mass is 32.3. The number of anilines is 2. The number of aliphatic carboxylic acids is 2. The van der Waals surface area contributed by atoms with Crippen LogP contribution in [0.2, 0.25) is 0 Å². The largest absolute Gasteiger partial charge is 0.490 e. The summed E-state index contributed by atoms with van der Waals surface area (Å²) in [5.74, 6) is -3.56. The van der Waals surface area contributed by atoms with E-state index in [4.69, 9.17) is 9.90 Å². The van der Waals surface area contributed by atoms with E-state index in [1.807, 2.05) is 24.3 Å². The Morgan fingerprint density at radius 3 is 2.29 bits per heavy atom. The number of fused-ring (bicyclic) bond motifs is 2. The minimum atomic E-state index is -5.08. The number of para-hydroxylation sites is 2. The number of aromatic amines is 1. The second-order valence-corrected chi connectivity index (χ2v) is 16.3. The van der Waals surface area contributed by atoms with E-state index in [0.29, 0.717) is 59.1 Å². The highest BCUT2D eigenvalue weighted by Crippen LogP contribution is 2.45. The SMILES string of the molecule is CN1Cc2cc(C(=O)N(CCCCCCNC(=O)c3ccc(NNCc4ccccc4S(O)(O)O)nc3)Cc3nc4ccccc4[nH]3)ccc2N[C@@H](CC(=O)O)C1=O.O=C(O)C(F)(F)F. The first kappa shape index (κ1) is 49.2. The van der Waals surface area contributed by atoms with Crippen molar-refractivity contribution in [1.82, 2.24) is 35.5 Å². The summed E-state index contributed by atoms with van der Waals surface area (Å²) in [5, 5.41) is 22.4. The highest BCUT2D eigenvalue weighted by molar-refractivity contribution is 8.19. The number of H-pyrrole nitrogens is 1. The van der Waals surface area contributed by atoms with Crippen LogP contribution in [0.3, 0.4) is 0 Å². The minimum absolute atomic E-state index is 0.0290. The second kappa shape index (κ2) is 22.2. The minimum Gasteiger partial charge on any atom is -0.481 e. The lowest BCUT2D eigenvalue weighted by Crippen LogP contribution is -2.39. The van der Waals surface area contributed by atoms with E-state index in [0.717, 1.165) is 30.3 Å². The lowest BCUT2D eigenvalue weighted by atomic mass is 10.1. The molecule has 0 unspecified atom stereocenters. The van der Waals surface area contributed by atoms with Gasteiger partial charge in [-0.3, -0.25) is 19.2 Å². The highest BCUT2D eigenvalue weighted by Gasteiger charge is 2.38. The molecular formula is C42H48F3N9O10S. The van der Waals surface area contributed by atoms with Crippen molar-refractivity contribution in [1.29, 1.82) is 0 Å². The van der Waals surface area contributed by atoms with Gasteiger partial charge in [-0.2, -0.15) is 13.2 Å². The van der Waals surface area contributed by atoms with Crippen molar-refractivity contribution in [3.8, 4) is 0 Å². The quantitative estimate of drug-likeness (QED) is 0.0348. The third-order valence-corrected chi connectivity index (χ3v) is 10.9. The summed E-state index contributed by atoms with van der Waals surface area (Å²) in [7, 11) is -2.25. The van der Waals surface area contributed by atoms with Crippen LogP contribution in [0.1, 0.15) is 69.8 Å². The van der Waals surface area contributed by atoms with Crippen molar-refractivity contribution >= 4 is 63.1 Å². The molecule has 0 fully saturated rings. The van der Waals surface area contributed by atoms with Gasteiger partial charge < -0.3 is 54.7 Å². The number of carbonyl (C=O) groups excluding carboxylic acids is 3. The van der Waals surface area contributed by atoms with Gasteiger partial charge in [0.25, 0.3) is 11.8 Å². The van der Waals surface area contributed by atoms with Gasteiger partial charge in [-0.1, -0.05) is 43.2 Å². The average molecular weight is 928 g/mol. The number of nitrogens with zero attached hydrogens (tertiary/aromatic N) is 4. The number of hydrogen-bond donors (Lipinski definition) is 10. The van der Waals surface area contributed by atoms with E-state index < -0.39 is 35.0 Å². The molecule has 0 aliphatic carbocycles. The van der Waals surface area contributed by atoms with Crippen molar-refractivity contribution in [3.63, 3.8) is 0 Å². The predicted molar refractivity (Wildman–Crippen MR) is 233 cm³/mol. The number of carboxylic acids is 2. The number of hydrogen-bond acceptors (Lipinski definition) is 13. The van der Waals surface area contributed by atoms with Gasteiger partial charge in [-0.25, -0.2) is 20.2 Å². The van der Waals surface area contributed by atoms with Crippen molar-refractivity contribution in [2.75, 3.05) is 30.9 Å². The number of carbonyl (C=O) groups is 5. The van der Waals surface area contributed by atoms with Crippen LogP contribution >= 0.6 is 10.9 Å². The van der Waals surface area contributed by atoms with E-state index in [1.54, 1.807) is 60.5 Å². The van der Waals surface area contributed by atoms with Gasteiger partial charge in [0.2, 0.25) is 5.91 Å². The number of hydrazine groups is 1. The molecule has 3 aromatic carbocycles. The summed E-state index contributed by atoms with van der Waals surface area (Å²) in [4.78, 5) is 75.4. The Bertz CT molecular complexity index is 2430. The smallest absolute Gasteiger partial charge is 0.481 e. The summed E-state index contributed by atoms with van der Waals surface area (Å²) < 4.78 is 60.7. The molecule has 0 radical (unpaired) electrons. The number of amides is 3. The van der Waals surface area contributed by atoms with Crippen molar-refractivity contribution < 1.29 is 61.0 Å². The first-order valence-corrected chi connectivity index (χ1v) is 21.5. The van der Waals surface area contributed by atoms with Crippen LogP contribution < -0.4 is 21.5 Å². The lowest BCUT2D eigenvalue weighted by Gasteiger charge is -2.23. The fraction of sp³-hybridized carbons (Fsp3) is 0.310. The van der Waals surface area contributed by atoms with Crippen LogP contribution in [-0.2, 0) is 34.0 Å². The van der Waals surface area contributed by atoms with Crippen LogP contribution in [0.5, 0.6) is 0 Å². The second-order valence-electron chi connectivity index (χ2n) is 14.8. The van der Waals surface area contributed by atoms with Gasteiger partial charge in [-0.15, -0.1) is 0 Å². The molecule has 6 rings (SSSR count). The first-order valence-electron chi connectivity index (χ1n) is 20.0. The fourth-order valence-corrected chi connectivity index (χ4v) is 7.44. The van der Waals surface area contributed by atoms with Crippen LogP contribution in [0, 0.1) is 0 Å². The van der Waals surface area contributed by atoms with Crippen molar-refractivity contribution in [2.45, 2.75) is 68.9 Å². The van der Waals surface area contributed by atoms with Crippen LogP contribution in [-0.4, -0.2) is 111 Å². The standard InChI is InChI=1S/C40H47N9O8S.C2HF3O2/c1-48-24-29-20-26(14-16-30(29)44-33(40(48)54)21-37(50)51)39(53)49(25-36-45-31-11-5-6-12-32(31)46-36)19-9-3-2-8-18-41-38(52)28-15-17-35(42-22-28)47-43-23-27-10-4-7-13-34(27)58(55,56)57;3-2(4,5)1(6)7/h4-7,10-17,20,22,33,43-44,55-57H,2-3,8-9,18-19,21,23-25H2,1H3,(H,41,52)(H,42,47)(H,45,46)(H,50,51);(H,6,7)/t33-;/m0./s1. The molecule has 3 heterocycles. The summed E-state index contributed by atoms with van der Waals surface area (Å²) in [6.07, 6.45) is -0.941. The monoisotopic (exact) mass is 927 g/mol. The fourth-order valence-electron chi connectivity index (χ4n) is 6.69. The number of likely N-dealkylation sites (N-methyl/N-ethyl adjacent to an activating group) is 1. The van der Waals surface area contributed by atoms with E-state index in [1.165, 1.54) is 17.2 Å². The van der Waals surface area contributed by atoms with E-state index in [-0.39, 0.29) is 48.7 Å². The normalized spacial score (nSPS) is 14.0. The zero-order valence-corrected chi connectivity index (χ0v) is 35.7. The van der Waals surface area contributed by atoms with Gasteiger partial charge in [-0.05, 0) is 72.5 Å². The maximum Gasteiger partial charge on any atom is 0.490 e. The Morgan fingerprint density at radius 1 is 0.923 bits per heavy atom. The van der Waals surface area contributed by atoms with Gasteiger partial charge in [0, 0.05) is 50.7 Å². The molecule has 65 heavy (non-hydrogen) atoms. The molecule has 1 aliphatic heterocycles. The molecule has 1 atom stereocenters. The molecule has 0 saturated heterocycles. The maximum absolute atomic E-state index is 14.1.